The van der Waals surface area contributed by atoms with E-state index in [0.717, 1.165) is 51.4 Å². The number of hydrogen-bond acceptors (Lipinski definition) is 8. The van der Waals surface area contributed by atoms with Crippen LogP contribution < -0.4 is 5.32 Å². The minimum Gasteiger partial charge on any atom is -0.495 e. The van der Waals surface area contributed by atoms with Crippen LogP contribution in [0, 0.1) is 28.6 Å². The summed E-state index contributed by atoms with van der Waals surface area (Å²) >= 11 is 0. The number of carbonyl (C=O) groups excluding carboxylic acids is 2. The molecule has 0 amide bonds. The number of allylic oxidation sites excluding steroid dienone is 1. The molecule has 0 aromatic heterocycles. The summed E-state index contributed by atoms with van der Waals surface area (Å²) in [4.78, 5) is 34.7. The molecule has 3 heterocycles. The van der Waals surface area contributed by atoms with E-state index in [1.54, 1.807) is 0 Å². The highest BCUT2D eigenvalue weighted by Gasteiger charge is 2.48. The van der Waals surface area contributed by atoms with Crippen LogP contribution in [-0.2, 0) is 23.8 Å². The normalized spacial score (nSPS) is 25.2. The van der Waals surface area contributed by atoms with Crippen molar-refractivity contribution in [3.8, 4) is 0 Å². The second kappa shape index (κ2) is 18.0. The van der Waals surface area contributed by atoms with Gasteiger partial charge in [-0.3, -0.25) is 19.4 Å². The minimum atomic E-state index is -0.774. The number of rotatable bonds is 15. The van der Waals surface area contributed by atoms with Gasteiger partial charge in [-0.1, -0.05) is 61.0 Å². The predicted molar refractivity (Wildman–Crippen MR) is 242 cm³/mol. The predicted octanol–water partition coefficient (Wildman–Crippen LogP) is 11.5. The first-order valence-electron chi connectivity index (χ1n) is 23.0. The van der Waals surface area contributed by atoms with Gasteiger partial charge in [0.25, 0.3) is 0 Å². The van der Waals surface area contributed by atoms with Crippen molar-refractivity contribution in [3.63, 3.8) is 0 Å². The van der Waals surface area contributed by atoms with Crippen LogP contribution in [0.1, 0.15) is 202 Å². The van der Waals surface area contributed by atoms with Crippen molar-refractivity contribution in [2.24, 2.45) is 28.6 Å². The molecule has 2 atom stereocenters. The first-order chi connectivity index (χ1) is 25.9. The molecule has 0 saturated carbocycles. The highest BCUT2D eigenvalue weighted by Crippen LogP contribution is 2.43. The second-order valence-electron chi connectivity index (χ2n) is 25.6. The number of esters is 2. The van der Waals surface area contributed by atoms with Crippen molar-refractivity contribution in [2.75, 3.05) is 14.1 Å². The lowest BCUT2D eigenvalue weighted by Gasteiger charge is -2.53. The van der Waals surface area contributed by atoms with Crippen molar-refractivity contribution < 1.29 is 23.8 Å². The molecule has 1 N–H and O–H groups in total. The van der Waals surface area contributed by atoms with Gasteiger partial charge in [0.05, 0.1) is 17.6 Å². The first kappa shape index (κ1) is 50.7. The van der Waals surface area contributed by atoms with Gasteiger partial charge in [0.2, 0.25) is 0 Å². The molecule has 0 aromatic rings. The summed E-state index contributed by atoms with van der Waals surface area (Å²) in [7, 11) is 4.36. The molecule has 3 aliphatic heterocycles. The maximum atomic E-state index is 14.9. The Kier molecular flexibility index (Phi) is 15.7. The summed E-state index contributed by atoms with van der Waals surface area (Å²) in [5.74, 6) is -1.02. The Hall–Kier alpha value is -1.64. The molecule has 2 unspecified atom stereocenters. The summed E-state index contributed by atoms with van der Waals surface area (Å²) in [5.41, 5.74) is -0.474. The third-order valence-corrected chi connectivity index (χ3v) is 14.1. The number of likely N-dealkylation sites (tertiary alicyclic amines) is 2. The molecule has 0 aliphatic carbocycles. The molecule has 3 saturated heterocycles. The third-order valence-electron chi connectivity index (χ3n) is 14.1. The number of ether oxygens (including phenoxy) is 3. The molecule has 3 rings (SSSR count). The molecule has 338 valence electrons. The lowest BCUT2D eigenvalue weighted by atomic mass is 9.74. The summed E-state index contributed by atoms with van der Waals surface area (Å²) in [6.45, 7) is 45.0. The van der Waals surface area contributed by atoms with Gasteiger partial charge in [0, 0.05) is 78.2 Å². The van der Waals surface area contributed by atoms with E-state index in [-0.39, 0.29) is 80.7 Å². The molecule has 8 heteroatoms. The van der Waals surface area contributed by atoms with Crippen LogP contribution in [-0.4, -0.2) is 87.4 Å². The van der Waals surface area contributed by atoms with Gasteiger partial charge in [-0.25, -0.2) is 0 Å². The van der Waals surface area contributed by atoms with E-state index >= 15 is 0 Å². The Morgan fingerprint density at radius 3 is 1.31 bits per heavy atom. The van der Waals surface area contributed by atoms with E-state index in [1.807, 2.05) is 0 Å². The summed E-state index contributed by atoms with van der Waals surface area (Å²) < 4.78 is 19.9. The van der Waals surface area contributed by atoms with Crippen LogP contribution in [0.3, 0.4) is 0 Å². The Morgan fingerprint density at radius 1 is 0.586 bits per heavy atom. The van der Waals surface area contributed by atoms with E-state index in [0.29, 0.717) is 30.9 Å². The minimum absolute atomic E-state index is 0.0546. The van der Waals surface area contributed by atoms with E-state index in [1.165, 1.54) is 0 Å². The SMILES string of the molecule is C=C(CC(C(=O)OC1CC(C)(C)NC(C)(C)C1)C(CCCC(CC(C)(C)C)CC(C)(C)C)C(=O)OC1CC(C)(C)N(C)C(C)(C)C1)OC1CC(C)(C)N(C)C(C)(C)C1. The quantitative estimate of drug-likeness (QED) is 0.129. The van der Waals surface area contributed by atoms with Crippen LogP contribution in [0.4, 0.5) is 0 Å². The lowest BCUT2D eigenvalue weighted by Crippen LogP contribution is -2.60. The van der Waals surface area contributed by atoms with Gasteiger partial charge in [-0.2, -0.15) is 0 Å². The van der Waals surface area contributed by atoms with E-state index in [4.69, 9.17) is 14.2 Å². The van der Waals surface area contributed by atoms with Crippen molar-refractivity contribution in [1.29, 1.82) is 0 Å². The zero-order valence-electron chi connectivity index (χ0n) is 41.6. The summed E-state index contributed by atoms with van der Waals surface area (Å²) in [6.07, 6.45) is 8.77. The Bertz CT molecular complexity index is 1340. The first-order valence-corrected chi connectivity index (χ1v) is 23.0. The van der Waals surface area contributed by atoms with E-state index in [2.05, 4.69) is 160 Å². The second-order valence-corrected chi connectivity index (χ2v) is 25.6. The number of hydrogen-bond donors (Lipinski definition) is 1. The Balaban J connectivity index is 2.03. The number of piperidine rings is 3. The van der Waals surface area contributed by atoms with Gasteiger partial charge in [-0.05, 0) is 133 Å². The average Bonchev–Trinajstić information content (AvgIpc) is 2.95. The Morgan fingerprint density at radius 2 is 0.931 bits per heavy atom. The molecule has 0 radical (unpaired) electrons. The molecular weight excluding hydrogens is 723 g/mol. The largest absolute Gasteiger partial charge is 0.495 e. The summed E-state index contributed by atoms with van der Waals surface area (Å²) in [5, 5.41) is 3.73. The van der Waals surface area contributed by atoms with Crippen molar-refractivity contribution in [3.05, 3.63) is 12.3 Å². The fourth-order valence-electron chi connectivity index (χ4n) is 11.6. The topological polar surface area (TPSA) is 80.3 Å². The van der Waals surface area contributed by atoms with Gasteiger partial charge >= 0.3 is 11.9 Å². The molecular formula is C50H93N3O5. The standard InChI is InChI=1S/C50H93N3O5/c1-34(56-37-30-47(12,13)52(20)48(14,15)31-37)25-40(42(55)57-36-28-45(8,9)51-46(10,11)29-36)39(24-22-23-35(26-43(2,3)4)27-44(5,6)7)41(54)58-38-32-49(16,17)53(21)50(18,19)33-38/h35-40,51H,1,22-33H2,2-21H3. The van der Waals surface area contributed by atoms with Crippen LogP contribution in [0.5, 0.6) is 0 Å². The van der Waals surface area contributed by atoms with Gasteiger partial charge < -0.3 is 19.5 Å². The monoisotopic (exact) mass is 816 g/mol. The van der Waals surface area contributed by atoms with Crippen LogP contribution in [0.25, 0.3) is 0 Å². The Labute approximate surface area is 358 Å². The molecule has 0 aromatic carbocycles. The molecule has 0 bridgehead atoms. The third kappa shape index (κ3) is 14.8. The maximum absolute atomic E-state index is 14.9. The molecule has 8 nitrogen and oxygen atoms in total. The highest BCUT2D eigenvalue weighted by molar-refractivity contribution is 5.82. The van der Waals surface area contributed by atoms with Crippen molar-refractivity contribution in [2.45, 2.75) is 253 Å². The summed E-state index contributed by atoms with van der Waals surface area (Å²) in [6, 6.07) is 0. The number of nitrogens with zero attached hydrogens (tertiary/aromatic N) is 2. The van der Waals surface area contributed by atoms with Crippen LogP contribution in [0.2, 0.25) is 0 Å². The fraction of sp³-hybridized carbons (Fsp3) is 0.920. The number of nitrogens with one attached hydrogen (secondary N) is 1. The molecule has 58 heavy (non-hydrogen) atoms. The fourth-order valence-corrected chi connectivity index (χ4v) is 11.6. The average molecular weight is 816 g/mol. The zero-order chi connectivity index (χ0) is 44.7. The van der Waals surface area contributed by atoms with Gasteiger partial charge in [-0.15, -0.1) is 0 Å². The molecule has 3 aliphatic rings. The smallest absolute Gasteiger partial charge is 0.310 e. The van der Waals surface area contributed by atoms with E-state index in [9.17, 15) is 9.59 Å². The molecule has 0 spiro atoms. The van der Waals surface area contributed by atoms with Crippen LogP contribution in [0.15, 0.2) is 12.3 Å². The van der Waals surface area contributed by atoms with Gasteiger partial charge in [0.1, 0.15) is 18.3 Å². The van der Waals surface area contributed by atoms with Crippen LogP contribution >= 0.6 is 0 Å². The van der Waals surface area contributed by atoms with Crippen molar-refractivity contribution >= 4 is 11.9 Å². The zero-order valence-corrected chi connectivity index (χ0v) is 41.6. The lowest BCUT2D eigenvalue weighted by molar-refractivity contribution is -0.175. The van der Waals surface area contributed by atoms with Crippen molar-refractivity contribution in [1.82, 2.24) is 15.1 Å². The highest BCUT2D eigenvalue weighted by atomic mass is 16.6. The molecule has 3 fully saturated rings. The maximum Gasteiger partial charge on any atom is 0.310 e. The number of carbonyl (C=O) groups is 2. The van der Waals surface area contributed by atoms with E-state index < -0.39 is 11.8 Å². The van der Waals surface area contributed by atoms with Gasteiger partial charge in [0.15, 0.2) is 0 Å².